The first-order valence-corrected chi connectivity index (χ1v) is 9.52. The molecule has 6 nitrogen and oxygen atoms in total. The van der Waals surface area contributed by atoms with Crippen molar-refractivity contribution in [1.82, 2.24) is 9.80 Å². The highest BCUT2D eigenvalue weighted by Gasteiger charge is 2.25. The molecule has 2 aliphatic rings. The quantitative estimate of drug-likeness (QED) is 0.777. The number of carbonyl (C=O) groups is 1. The number of nitrogens with zero attached hydrogens (tertiary/aromatic N) is 2. The van der Waals surface area contributed by atoms with Gasteiger partial charge >= 0.3 is 0 Å². The lowest BCUT2D eigenvalue weighted by Crippen LogP contribution is -2.49. The van der Waals surface area contributed by atoms with Crippen molar-refractivity contribution in [2.75, 3.05) is 47.0 Å². The van der Waals surface area contributed by atoms with Crippen LogP contribution >= 0.6 is 0 Å². The second-order valence-corrected chi connectivity index (χ2v) is 7.03. The Morgan fingerprint density at radius 2 is 1.96 bits per heavy atom. The Hall–Kier alpha value is -1.79. The van der Waals surface area contributed by atoms with Crippen molar-refractivity contribution in [2.24, 2.45) is 0 Å². The fraction of sp³-hybridized carbons (Fsp3) is 0.650. The van der Waals surface area contributed by atoms with Crippen LogP contribution in [0.3, 0.4) is 0 Å². The van der Waals surface area contributed by atoms with Crippen molar-refractivity contribution in [3.63, 3.8) is 0 Å². The van der Waals surface area contributed by atoms with Crippen molar-refractivity contribution in [2.45, 2.75) is 38.3 Å². The zero-order chi connectivity index (χ0) is 18.4. The van der Waals surface area contributed by atoms with E-state index in [2.05, 4.69) is 11.0 Å². The molecule has 1 aromatic rings. The number of benzene rings is 1. The average molecular weight is 362 g/mol. The number of ether oxygens (including phenoxy) is 3. The lowest BCUT2D eigenvalue weighted by Gasteiger charge is -2.36. The van der Waals surface area contributed by atoms with Gasteiger partial charge in [-0.15, -0.1) is 0 Å². The number of methoxy groups -OCH3 is 2. The molecule has 2 fully saturated rings. The van der Waals surface area contributed by atoms with Crippen LogP contribution in [-0.2, 0) is 16.1 Å². The number of rotatable bonds is 6. The van der Waals surface area contributed by atoms with E-state index in [-0.39, 0.29) is 12.0 Å². The maximum absolute atomic E-state index is 12.5. The van der Waals surface area contributed by atoms with Crippen LogP contribution in [0.4, 0.5) is 0 Å². The summed E-state index contributed by atoms with van der Waals surface area (Å²) in [4.78, 5) is 16.8. The zero-order valence-corrected chi connectivity index (χ0v) is 15.9. The monoisotopic (exact) mass is 362 g/mol. The lowest BCUT2D eigenvalue weighted by molar-refractivity contribution is -0.136. The Labute approximate surface area is 156 Å². The predicted molar refractivity (Wildman–Crippen MR) is 99.6 cm³/mol. The van der Waals surface area contributed by atoms with Gasteiger partial charge in [0.25, 0.3) is 0 Å². The van der Waals surface area contributed by atoms with Gasteiger partial charge in [-0.25, -0.2) is 0 Å². The first kappa shape index (κ1) is 19.0. The van der Waals surface area contributed by atoms with E-state index in [0.29, 0.717) is 6.42 Å². The van der Waals surface area contributed by atoms with Crippen LogP contribution in [0.1, 0.15) is 31.2 Å². The molecular weight excluding hydrogens is 332 g/mol. The van der Waals surface area contributed by atoms with Crippen LogP contribution < -0.4 is 9.47 Å². The Kier molecular flexibility index (Phi) is 6.74. The highest BCUT2D eigenvalue weighted by atomic mass is 16.5. The largest absolute Gasteiger partial charge is 0.497 e. The van der Waals surface area contributed by atoms with Crippen molar-refractivity contribution in [3.8, 4) is 11.5 Å². The minimum atomic E-state index is 0.123. The molecule has 1 amide bonds. The van der Waals surface area contributed by atoms with Crippen molar-refractivity contribution in [1.29, 1.82) is 0 Å². The van der Waals surface area contributed by atoms with Crippen LogP contribution in [0.2, 0.25) is 0 Å². The molecule has 6 heteroatoms. The van der Waals surface area contributed by atoms with Gasteiger partial charge < -0.3 is 19.1 Å². The summed E-state index contributed by atoms with van der Waals surface area (Å²) in [5.74, 6) is 1.88. The number of piperazine rings is 1. The maximum Gasteiger partial charge on any atom is 0.225 e. The van der Waals surface area contributed by atoms with Gasteiger partial charge in [0.05, 0.1) is 26.7 Å². The number of amides is 1. The van der Waals surface area contributed by atoms with E-state index in [1.165, 1.54) is 6.42 Å². The summed E-state index contributed by atoms with van der Waals surface area (Å²) in [5, 5.41) is 0. The molecule has 0 radical (unpaired) electrons. The van der Waals surface area contributed by atoms with Gasteiger partial charge in [0, 0.05) is 51.0 Å². The fourth-order valence-corrected chi connectivity index (χ4v) is 3.67. The number of hydrogen-bond donors (Lipinski definition) is 0. The fourth-order valence-electron chi connectivity index (χ4n) is 3.67. The topological polar surface area (TPSA) is 51.2 Å². The predicted octanol–water partition coefficient (Wildman–Crippen LogP) is 2.31. The highest BCUT2D eigenvalue weighted by molar-refractivity contribution is 5.76. The van der Waals surface area contributed by atoms with Crippen LogP contribution in [0.5, 0.6) is 11.5 Å². The number of hydrogen-bond acceptors (Lipinski definition) is 5. The summed E-state index contributed by atoms with van der Waals surface area (Å²) < 4.78 is 16.4. The number of carbonyl (C=O) groups excluding carboxylic acids is 1. The first-order valence-electron chi connectivity index (χ1n) is 9.52. The Bertz CT molecular complexity index is 593. The Morgan fingerprint density at radius 1 is 1.15 bits per heavy atom. The second-order valence-electron chi connectivity index (χ2n) is 7.03. The van der Waals surface area contributed by atoms with Crippen LogP contribution in [0, 0.1) is 0 Å². The van der Waals surface area contributed by atoms with Gasteiger partial charge in [-0.05, 0) is 25.3 Å². The summed E-state index contributed by atoms with van der Waals surface area (Å²) >= 11 is 0. The SMILES string of the molecule is COc1ccc(CN2CCN(C(=O)CC3CCCCO3)CC2)c(OC)c1. The maximum atomic E-state index is 12.5. The average Bonchev–Trinajstić information content (AvgIpc) is 2.69. The summed E-state index contributed by atoms with van der Waals surface area (Å²) in [7, 11) is 3.34. The first-order chi connectivity index (χ1) is 12.7. The van der Waals surface area contributed by atoms with Crippen LogP contribution in [0.15, 0.2) is 18.2 Å². The van der Waals surface area contributed by atoms with Crippen LogP contribution in [-0.4, -0.2) is 68.8 Å². The molecule has 0 aromatic heterocycles. The van der Waals surface area contributed by atoms with E-state index in [0.717, 1.165) is 69.2 Å². The third-order valence-corrected chi connectivity index (χ3v) is 5.29. The zero-order valence-electron chi connectivity index (χ0n) is 15.9. The smallest absolute Gasteiger partial charge is 0.225 e. The van der Waals surface area contributed by atoms with Crippen molar-refractivity contribution < 1.29 is 19.0 Å². The molecule has 1 atom stereocenters. The Balaban J connectivity index is 1.48. The summed E-state index contributed by atoms with van der Waals surface area (Å²) in [6.07, 6.45) is 3.97. The molecule has 0 spiro atoms. The lowest BCUT2D eigenvalue weighted by atomic mass is 10.1. The summed E-state index contributed by atoms with van der Waals surface area (Å²) in [6, 6.07) is 5.93. The highest BCUT2D eigenvalue weighted by Crippen LogP contribution is 2.26. The summed E-state index contributed by atoms with van der Waals surface area (Å²) in [5.41, 5.74) is 1.14. The van der Waals surface area contributed by atoms with E-state index in [1.54, 1.807) is 14.2 Å². The Morgan fingerprint density at radius 3 is 2.62 bits per heavy atom. The minimum absolute atomic E-state index is 0.123. The van der Waals surface area contributed by atoms with E-state index in [9.17, 15) is 4.79 Å². The van der Waals surface area contributed by atoms with Crippen molar-refractivity contribution in [3.05, 3.63) is 23.8 Å². The summed E-state index contributed by atoms with van der Waals surface area (Å²) in [6.45, 7) is 4.95. The van der Waals surface area contributed by atoms with Crippen LogP contribution in [0.25, 0.3) is 0 Å². The molecule has 1 aromatic carbocycles. The molecule has 1 unspecified atom stereocenters. The van der Waals surface area contributed by atoms with E-state index < -0.39 is 0 Å². The van der Waals surface area contributed by atoms with Gasteiger partial charge in [0.15, 0.2) is 0 Å². The van der Waals surface area contributed by atoms with E-state index in [1.807, 2.05) is 17.0 Å². The molecule has 26 heavy (non-hydrogen) atoms. The molecule has 0 aliphatic carbocycles. The molecule has 2 aliphatic heterocycles. The van der Waals surface area contributed by atoms with E-state index >= 15 is 0 Å². The molecule has 0 bridgehead atoms. The molecule has 3 rings (SSSR count). The third-order valence-electron chi connectivity index (χ3n) is 5.29. The van der Waals surface area contributed by atoms with Gasteiger partial charge in [0.1, 0.15) is 11.5 Å². The molecule has 2 heterocycles. The molecule has 2 saturated heterocycles. The van der Waals surface area contributed by atoms with E-state index in [4.69, 9.17) is 14.2 Å². The van der Waals surface area contributed by atoms with Gasteiger partial charge in [-0.3, -0.25) is 9.69 Å². The molecular formula is C20H30N2O4. The molecule has 0 N–H and O–H groups in total. The van der Waals surface area contributed by atoms with Gasteiger partial charge in [-0.2, -0.15) is 0 Å². The standard InChI is InChI=1S/C20H30N2O4/c1-24-17-7-6-16(19(13-17)25-2)15-21-8-10-22(11-9-21)20(23)14-18-5-3-4-12-26-18/h6-7,13,18H,3-5,8-12,14-15H2,1-2H3. The molecule has 0 saturated carbocycles. The minimum Gasteiger partial charge on any atom is -0.497 e. The normalized spacial score (nSPS) is 21.5. The van der Waals surface area contributed by atoms with Gasteiger partial charge in [0.2, 0.25) is 5.91 Å². The van der Waals surface area contributed by atoms with Gasteiger partial charge in [-0.1, -0.05) is 6.07 Å². The molecule has 144 valence electrons. The second kappa shape index (κ2) is 9.24. The third kappa shape index (κ3) is 4.89. The van der Waals surface area contributed by atoms with Crippen molar-refractivity contribution >= 4 is 5.91 Å².